The molecule has 1 atom stereocenters. The van der Waals surface area contributed by atoms with E-state index in [-0.39, 0.29) is 0 Å². The Bertz CT molecular complexity index is 334. The van der Waals surface area contributed by atoms with Crippen molar-refractivity contribution in [2.24, 2.45) is 0 Å². The molecule has 0 amide bonds. The van der Waals surface area contributed by atoms with Gasteiger partial charge in [0.15, 0.2) is 0 Å². The Balaban J connectivity index is 3.10. The predicted octanol–water partition coefficient (Wildman–Crippen LogP) is 2.34. The molecular weight excluding hydrogens is 225 g/mol. The van der Waals surface area contributed by atoms with E-state index in [1.54, 1.807) is 25.2 Å². The minimum Gasteiger partial charge on any atom is -0.480 e. The number of carbonyl (C=O) groups is 1. The summed E-state index contributed by atoms with van der Waals surface area (Å²) >= 11 is 11.5. The highest BCUT2D eigenvalue weighted by atomic mass is 35.5. The monoisotopic (exact) mass is 233 g/mol. The number of hydrogen-bond acceptors (Lipinski definition) is 2. The topological polar surface area (TPSA) is 49.3 Å². The van der Waals surface area contributed by atoms with Gasteiger partial charge in [0.05, 0.1) is 0 Å². The highest BCUT2D eigenvalue weighted by Gasteiger charge is 2.17. The van der Waals surface area contributed by atoms with E-state index < -0.39 is 12.0 Å². The molecule has 1 aromatic rings. The molecule has 3 nitrogen and oxygen atoms in total. The second-order valence-corrected chi connectivity index (χ2v) is 3.64. The smallest absolute Gasteiger partial charge is 0.325 e. The van der Waals surface area contributed by atoms with Crippen LogP contribution in [0.4, 0.5) is 0 Å². The fourth-order valence-electron chi connectivity index (χ4n) is 1.17. The van der Waals surface area contributed by atoms with E-state index in [0.717, 1.165) is 0 Å². The number of aliphatic carboxylic acids is 1. The second kappa shape index (κ2) is 4.64. The summed E-state index contributed by atoms with van der Waals surface area (Å²) < 4.78 is 0. The standard InChI is InChI=1S/C9H9Cl2NO2/c1-12-8(9(13)14)5-2-6(10)4-7(11)3-5/h2-4,8,12H,1H3,(H,13,14). The van der Waals surface area contributed by atoms with Gasteiger partial charge in [-0.05, 0) is 30.8 Å². The molecule has 0 fully saturated rings. The van der Waals surface area contributed by atoms with Crippen molar-refractivity contribution in [3.05, 3.63) is 33.8 Å². The number of carboxylic acid groups (broad SMARTS) is 1. The van der Waals surface area contributed by atoms with Crippen LogP contribution in [0.5, 0.6) is 0 Å². The third-order valence-corrected chi connectivity index (χ3v) is 2.19. The molecule has 0 aliphatic heterocycles. The maximum Gasteiger partial charge on any atom is 0.325 e. The van der Waals surface area contributed by atoms with Gasteiger partial charge in [-0.3, -0.25) is 4.79 Å². The Morgan fingerprint density at radius 3 is 2.21 bits per heavy atom. The molecule has 1 unspecified atom stereocenters. The molecule has 5 heteroatoms. The van der Waals surface area contributed by atoms with Crippen LogP contribution in [0, 0.1) is 0 Å². The molecule has 1 aromatic carbocycles. The van der Waals surface area contributed by atoms with Crippen LogP contribution < -0.4 is 5.32 Å². The van der Waals surface area contributed by atoms with E-state index in [2.05, 4.69) is 5.32 Å². The Labute approximate surface area is 91.6 Å². The molecule has 0 aromatic heterocycles. The normalized spacial score (nSPS) is 12.5. The number of nitrogens with one attached hydrogen (secondary N) is 1. The van der Waals surface area contributed by atoms with Crippen LogP contribution in [0.3, 0.4) is 0 Å². The second-order valence-electron chi connectivity index (χ2n) is 2.76. The molecule has 0 saturated carbocycles. The van der Waals surface area contributed by atoms with Gasteiger partial charge in [-0.25, -0.2) is 0 Å². The first-order chi connectivity index (χ1) is 6.54. The van der Waals surface area contributed by atoms with Crippen LogP contribution in [0.2, 0.25) is 10.0 Å². The summed E-state index contributed by atoms with van der Waals surface area (Å²) in [5.41, 5.74) is 0.539. The number of halogens is 2. The average molecular weight is 234 g/mol. The SMILES string of the molecule is CNC(C(=O)O)c1cc(Cl)cc(Cl)c1. The first-order valence-corrected chi connectivity index (χ1v) is 4.66. The number of hydrogen-bond donors (Lipinski definition) is 2. The fourth-order valence-corrected chi connectivity index (χ4v) is 1.72. The Hall–Kier alpha value is -0.770. The van der Waals surface area contributed by atoms with E-state index in [1.807, 2.05) is 0 Å². The zero-order valence-corrected chi connectivity index (χ0v) is 8.93. The van der Waals surface area contributed by atoms with Gasteiger partial charge in [-0.15, -0.1) is 0 Å². The third-order valence-electron chi connectivity index (χ3n) is 1.75. The van der Waals surface area contributed by atoms with Crippen molar-refractivity contribution in [1.82, 2.24) is 5.32 Å². The molecule has 0 heterocycles. The maximum absolute atomic E-state index is 10.8. The number of carboxylic acids is 1. The van der Waals surface area contributed by atoms with Gasteiger partial charge in [-0.1, -0.05) is 23.2 Å². The maximum atomic E-state index is 10.8. The molecule has 76 valence electrons. The van der Waals surface area contributed by atoms with Gasteiger partial charge in [0.1, 0.15) is 6.04 Å². The van der Waals surface area contributed by atoms with Crippen LogP contribution in [0.25, 0.3) is 0 Å². The lowest BCUT2D eigenvalue weighted by Crippen LogP contribution is -2.24. The van der Waals surface area contributed by atoms with E-state index >= 15 is 0 Å². The van der Waals surface area contributed by atoms with Crippen molar-refractivity contribution in [2.45, 2.75) is 6.04 Å². The molecule has 0 saturated heterocycles. The minimum absolute atomic E-state index is 0.425. The predicted molar refractivity (Wildman–Crippen MR) is 55.9 cm³/mol. The molecule has 0 bridgehead atoms. The zero-order valence-electron chi connectivity index (χ0n) is 7.42. The van der Waals surface area contributed by atoms with Crippen molar-refractivity contribution < 1.29 is 9.90 Å². The molecule has 1 rings (SSSR count). The van der Waals surface area contributed by atoms with Crippen molar-refractivity contribution in [3.8, 4) is 0 Å². The summed E-state index contributed by atoms with van der Waals surface area (Å²) in [5.74, 6) is -0.967. The van der Waals surface area contributed by atoms with Gasteiger partial charge in [0.25, 0.3) is 0 Å². The quantitative estimate of drug-likeness (QED) is 0.843. The molecule has 0 aliphatic carbocycles. The Kier molecular flexibility index (Phi) is 3.75. The lowest BCUT2D eigenvalue weighted by atomic mass is 10.1. The van der Waals surface area contributed by atoms with E-state index in [9.17, 15) is 4.79 Å². The van der Waals surface area contributed by atoms with Crippen LogP contribution in [0.15, 0.2) is 18.2 Å². The molecular formula is C9H9Cl2NO2. The Morgan fingerprint density at radius 1 is 1.36 bits per heavy atom. The summed E-state index contributed by atoms with van der Waals surface area (Å²) in [6.45, 7) is 0. The number of likely N-dealkylation sites (N-methyl/N-ethyl adjacent to an activating group) is 1. The summed E-state index contributed by atoms with van der Waals surface area (Å²) in [6, 6.07) is 3.92. The molecule has 0 radical (unpaired) electrons. The van der Waals surface area contributed by atoms with Crippen LogP contribution >= 0.6 is 23.2 Å². The van der Waals surface area contributed by atoms with Crippen LogP contribution in [-0.2, 0) is 4.79 Å². The van der Waals surface area contributed by atoms with Gasteiger partial charge in [0, 0.05) is 10.0 Å². The Morgan fingerprint density at radius 2 is 1.86 bits per heavy atom. The third kappa shape index (κ3) is 2.61. The van der Waals surface area contributed by atoms with Crippen molar-refractivity contribution in [1.29, 1.82) is 0 Å². The molecule has 0 spiro atoms. The number of benzene rings is 1. The van der Waals surface area contributed by atoms with E-state index in [0.29, 0.717) is 15.6 Å². The first-order valence-electron chi connectivity index (χ1n) is 3.90. The highest BCUT2D eigenvalue weighted by molar-refractivity contribution is 6.34. The van der Waals surface area contributed by atoms with Crippen molar-refractivity contribution >= 4 is 29.2 Å². The van der Waals surface area contributed by atoms with Crippen molar-refractivity contribution in [2.75, 3.05) is 7.05 Å². The number of rotatable bonds is 3. The lowest BCUT2D eigenvalue weighted by Gasteiger charge is -2.11. The summed E-state index contributed by atoms with van der Waals surface area (Å²) in [7, 11) is 1.56. The largest absolute Gasteiger partial charge is 0.480 e. The van der Waals surface area contributed by atoms with Gasteiger partial charge in [-0.2, -0.15) is 0 Å². The van der Waals surface area contributed by atoms with Gasteiger partial charge >= 0.3 is 5.97 Å². The zero-order chi connectivity index (χ0) is 10.7. The molecule has 14 heavy (non-hydrogen) atoms. The minimum atomic E-state index is -0.967. The summed E-state index contributed by atoms with van der Waals surface area (Å²) in [6.07, 6.45) is 0. The van der Waals surface area contributed by atoms with E-state index in [4.69, 9.17) is 28.3 Å². The highest BCUT2D eigenvalue weighted by Crippen LogP contribution is 2.23. The van der Waals surface area contributed by atoms with Gasteiger partial charge < -0.3 is 10.4 Å². The summed E-state index contributed by atoms with van der Waals surface area (Å²) in [4.78, 5) is 10.8. The molecule has 2 N–H and O–H groups in total. The van der Waals surface area contributed by atoms with Crippen molar-refractivity contribution in [3.63, 3.8) is 0 Å². The lowest BCUT2D eigenvalue weighted by molar-refractivity contribution is -0.139. The molecule has 0 aliphatic rings. The fraction of sp³-hybridized carbons (Fsp3) is 0.222. The average Bonchev–Trinajstić information content (AvgIpc) is 2.02. The van der Waals surface area contributed by atoms with Crippen LogP contribution in [0.1, 0.15) is 11.6 Å². The van der Waals surface area contributed by atoms with E-state index in [1.165, 1.54) is 0 Å². The summed E-state index contributed by atoms with van der Waals surface area (Å²) in [5, 5.41) is 12.4. The van der Waals surface area contributed by atoms with Gasteiger partial charge in [0.2, 0.25) is 0 Å². The van der Waals surface area contributed by atoms with Crippen LogP contribution in [-0.4, -0.2) is 18.1 Å². The first kappa shape index (κ1) is 11.3.